The molecule has 2 rings (SSSR count). The third-order valence-electron chi connectivity index (χ3n) is 3.07. The molecule has 1 saturated heterocycles. The Morgan fingerprint density at radius 1 is 1.35 bits per heavy atom. The lowest BCUT2D eigenvalue weighted by molar-refractivity contribution is -0.117. The summed E-state index contributed by atoms with van der Waals surface area (Å²) in [4.78, 5) is 14.0. The van der Waals surface area contributed by atoms with Gasteiger partial charge in [0.1, 0.15) is 5.82 Å². The molecule has 0 spiro atoms. The van der Waals surface area contributed by atoms with Crippen molar-refractivity contribution < 1.29 is 9.18 Å². The maximum Gasteiger partial charge on any atom is 0.161 e. The highest BCUT2D eigenvalue weighted by Crippen LogP contribution is 2.16. The number of carbonyl (C=O) groups is 1. The number of ketones is 1. The van der Waals surface area contributed by atoms with Crippen molar-refractivity contribution in [3.05, 3.63) is 41.2 Å². The molecule has 1 aliphatic heterocycles. The van der Waals surface area contributed by atoms with E-state index in [0.717, 1.165) is 24.2 Å². The molecule has 0 aliphatic carbocycles. The SMILES string of the molecule is CCN1CCC(=O)/C(=C/c2ccc(F)cc2)C1. The molecule has 1 aromatic carbocycles. The summed E-state index contributed by atoms with van der Waals surface area (Å²) in [5.41, 5.74) is 1.71. The molecule has 0 N–H and O–H groups in total. The standard InChI is InChI=1S/C14H16FNO/c1-2-16-8-7-14(17)12(10-16)9-11-3-5-13(15)6-4-11/h3-6,9H,2,7-8,10H2,1H3/b12-9+. The molecule has 1 heterocycles. The largest absolute Gasteiger partial charge is 0.299 e. The van der Waals surface area contributed by atoms with Gasteiger partial charge in [-0.15, -0.1) is 0 Å². The van der Waals surface area contributed by atoms with Crippen molar-refractivity contribution in [3.63, 3.8) is 0 Å². The number of likely N-dealkylation sites (N-methyl/N-ethyl adjacent to an activating group) is 1. The van der Waals surface area contributed by atoms with Crippen molar-refractivity contribution >= 4 is 11.9 Å². The maximum absolute atomic E-state index is 12.8. The van der Waals surface area contributed by atoms with Crippen LogP contribution in [0.5, 0.6) is 0 Å². The van der Waals surface area contributed by atoms with E-state index in [9.17, 15) is 9.18 Å². The lowest BCUT2D eigenvalue weighted by atomic mass is 10.0. The van der Waals surface area contributed by atoms with E-state index in [1.54, 1.807) is 12.1 Å². The van der Waals surface area contributed by atoms with Gasteiger partial charge in [-0.3, -0.25) is 9.69 Å². The van der Waals surface area contributed by atoms with E-state index in [1.165, 1.54) is 12.1 Å². The van der Waals surface area contributed by atoms with Crippen LogP contribution in [0.4, 0.5) is 4.39 Å². The Balaban J connectivity index is 2.19. The van der Waals surface area contributed by atoms with Gasteiger partial charge < -0.3 is 0 Å². The summed E-state index contributed by atoms with van der Waals surface area (Å²) >= 11 is 0. The van der Waals surface area contributed by atoms with Crippen LogP contribution in [-0.2, 0) is 4.79 Å². The van der Waals surface area contributed by atoms with Crippen molar-refractivity contribution in [1.82, 2.24) is 4.90 Å². The second kappa shape index (κ2) is 5.23. The van der Waals surface area contributed by atoms with Gasteiger partial charge in [0, 0.05) is 25.1 Å². The van der Waals surface area contributed by atoms with E-state index in [2.05, 4.69) is 11.8 Å². The molecule has 0 radical (unpaired) electrons. The Kier molecular flexibility index (Phi) is 3.69. The number of halogens is 1. The maximum atomic E-state index is 12.8. The van der Waals surface area contributed by atoms with Crippen molar-refractivity contribution in [3.8, 4) is 0 Å². The fourth-order valence-electron chi connectivity index (χ4n) is 1.98. The number of piperidine rings is 1. The summed E-state index contributed by atoms with van der Waals surface area (Å²) < 4.78 is 12.8. The van der Waals surface area contributed by atoms with Crippen LogP contribution in [0.3, 0.4) is 0 Å². The Morgan fingerprint density at radius 2 is 2.06 bits per heavy atom. The minimum absolute atomic E-state index is 0.207. The second-order valence-corrected chi connectivity index (χ2v) is 4.26. The minimum atomic E-state index is -0.252. The first kappa shape index (κ1) is 12.0. The quantitative estimate of drug-likeness (QED) is 0.731. The number of nitrogens with zero attached hydrogens (tertiary/aromatic N) is 1. The lowest BCUT2D eigenvalue weighted by Crippen LogP contribution is -2.35. The van der Waals surface area contributed by atoms with Gasteiger partial charge in [0.25, 0.3) is 0 Å². The smallest absolute Gasteiger partial charge is 0.161 e. The molecular formula is C14H16FNO. The first-order chi connectivity index (χ1) is 8.19. The van der Waals surface area contributed by atoms with Gasteiger partial charge in [0.05, 0.1) is 0 Å². The number of benzene rings is 1. The zero-order valence-corrected chi connectivity index (χ0v) is 9.95. The molecule has 0 saturated carbocycles. The second-order valence-electron chi connectivity index (χ2n) is 4.26. The molecule has 0 amide bonds. The summed E-state index contributed by atoms with van der Waals surface area (Å²) in [5.74, 6) is -0.0451. The monoisotopic (exact) mass is 233 g/mol. The predicted molar refractivity (Wildman–Crippen MR) is 66.1 cm³/mol. The van der Waals surface area contributed by atoms with Crippen molar-refractivity contribution in [2.45, 2.75) is 13.3 Å². The van der Waals surface area contributed by atoms with Crippen molar-refractivity contribution in [2.24, 2.45) is 0 Å². The van der Waals surface area contributed by atoms with Crippen LogP contribution in [0.15, 0.2) is 29.8 Å². The van der Waals surface area contributed by atoms with Gasteiger partial charge >= 0.3 is 0 Å². The zero-order chi connectivity index (χ0) is 12.3. The normalized spacial score (nSPS) is 19.9. The van der Waals surface area contributed by atoms with Gasteiger partial charge in [0.15, 0.2) is 5.78 Å². The van der Waals surface area contributed by atoms with E-state index < -0.39 is 0 Å². The average molecular weight is 233 g/mol. The first-order valence-corrected chi connectivity index (χ1v) is 5.90. The number of Topliss-reactive ketones (excluding diaryl/α,β-unsaturated/α-hetero) is 1. The molecule has 3 heteroatoms. The highest BCUT2D eigenvalue weighted by atomic mass is 19.1. The molecule has 1 aliphatic rings. The van der Waals surface area contributed by atoms with Crippen molar-refractivity contribution in [2.75, 3.05) is 19.6 Å². The van der Waals surface area contributed by atoms with E-state index >= 15 is 0 Å². The van der Waals surface area contributed by atoms with Crippen LogP contribution < -0.4 is 0 Å². The van der Waals surface area contributed by atoms with Crippen LogP contribution in [0.1, 0.15) is 18.9 Å². The zero-order valence-electron chi connectivity index (χ0n) is 9.95. The lowest BCUT2D eigenvalue weighted by Gasteiger charge is -2.26. The number of carbonyl (C=O) groups excluding carboxylic acids is 1. The molecule has 0 unspecified atom stereocenters. The van der Waals surface area contributed by atoms with Gasteiger partial charge in [0.2, 0.25) is 0 Å². The fraction of sp³-hybridized carbons (Fsp3) is 0.357. The van der Waals surface area contributed by atoms with Crippen LogP contribution in [0.25, 0.3) is 6.08 Å². The van der Waals surface area contributed by atoms with Crippen LogP contribution in [0, 0.1) is 5.82 Å². The van der Waals surface area contributed by atoms with E-state index in [1.807, 2.05) is 6.08 Å². The summed E-state index contributed by atoms with van der Waals surface area (Å²) in [6.45, 7) is 4.59. The van der Waals surface area contributed by atoms with Gasteiger partial charge in [-0.05, 0) is 30.3 Å². The molecule has 1 fully saturated rings. The Bertz CT molecular complexity index is 436. The van der Waals surface area contributed by atoms with Crippen LogP contribution in [-0.4, -0.2) is 30.3 Å². The third-order valence-corrected chi connectivity index (χ3v) is 3.07. The van der Waals surface area contributed by atoms with E-state index in [4.69, 9.17) is 0 Å². The molecule has 0 atom stereocenters. The summed E-state index contributed by atoms with van der Waals surface area (Å²) in [7, 11) is 0. The van der Waals surface area contributed by atoms with Crippen LogP contribution in [0.2, 0.25) is 0 Å². The average Bonchev–Trinajstić information content (AvgIpc) is 2.35. The molecule has 17 heavy (non-hydrogen) atoms. The summed E-state index contributed by atoms with van der Waals surface area (Å²) in [6, 6.07) is 6.22. The number of hydrogen-bond donors (Lipinski definition) is 0. The third kappa shape index (κ3) is 3.01. The number of hydrogen-bond acceptors (Lipinski definition) is 2. The fourth-order valence-corrected chi connectivity index (χ4v) is 1.98. The summed E-state index contributed by atoms with van der Waals surface area (Å²) in [6.07, 6.45) is 2.45. The highest BCUT2D eigenvalue weighted by molar-refractivity contribution is 6.00. The van der Waals surface area contributed by atoms with E-state index in [0.29, 0.717) is 13.0 Å². The molecule has 1 aromatic rings. The van der Waals surface area contributed by atoms with E-state index in [-0.39, 0.29) is 11.6 Å². The molecule has 2 nitrogen and oxygen atoms in total. The first-order valence-electron chi connectivity index (χ1n) is 5.90. The van der Waals surface area contributed by atoms with Gasteiger partial charge in [-0.25, -0.2) is 4.39 Å². The predicted octanol–water partition coefficient (Wildman–Crippen LogP) is 2.50. The number of rotatable bonds is 2. The van der Waals surface area contributed by atoms with Crippen LogP contribution >= 0.6 is 0 Å². The Labute approximate surface area is 101 Å². The van der Waals surface area contributed by atoms with Crippen molar-refractivity contribution in [1.29, 1.82) is 0 Å². The highest BCUT2D eigenvalue weighted by Gasteiger charge is 2.19. The molecular weight excluding hydrogens is 217 g/mol. The minimum Gasteiger partial charge on any atom is -0.299 e. The van der Waals surface area contributed by atoms with Gasteiger partial charge in [-0.2, -0.15) is 0 Å². The molecule has 0 bridgehead atoms. The van der Waals surface area contributed by atoms with Gasteiger partial charge in [-0.1, -0.05) is 19.1 Å². The summed E-state index contributed by atoms with van der Waals surface area (Å²) in [5, 5.41) is 0. The Hall–Kier alpha value is -1.48. The Morgan fingerprint density at radius 3 is 2.71 bits per heavy atom. The topological polar surface area (TPSA) is 20.3 Å². The number of likely N-dealkylation sites (tertiary alicyclic amines) is 1. The molecule has 90 valence electrons. The molecule has 0 aromatic heterocycles.